The summed E-state index contributed by atoms with van der Waals surface area (Å²) < 4.78 is 33.0. The Morgan fingerprint density at radius 2 is 1.70 bits per heavy atom. The lowest BCUT2D eigenvalue weighted by molar-refractivity contribution is -0.0498. The van der Waals surface area contributed by atoms with Crippen molar-refractivity contribution in [3.63, 3.8) is 0 Å². The number of esters is 1. The molecule has 120 valence electrons. The first-order valence-corrected chi connectivity index (χ1v) is 6.50. The fraction of sp³-hybridized carbons (Fsp3) is 0.125. The molecule has 0 aromatic heterocycles. The number of halogens is 2. The predicted molar refractivity (Wildman–Crippen MR) is 75.8 cm³/mol. The van der Waals surface area contributed by atoms with E-state index >= 15 is 0 Å². The van der Waals surface area contributed by atoms with Crippen LogP contribution in [0.4, 0.5) is 8.78 Å². The molecule has 0 amide bonds. The van der Waals surface area contributed by atoms with Gasteiger partial charge in [-0.05, 0) is 36.4 Å². The predicted octanol–water partition coefficient (Wildman–Crippen LogP) is 3.03. The van der Waals surface area contributed by atoms with Gasteiger partial charge in [0, 0.05) is 5.56 Å². The van der Waals surface area contributed by atoms with Crippen LogP contribution in [0.2, 0.25) is 0 Å². The normalized spacial score (nSPS) is 10.4. The number of ether oxygens (including phenoxy) is 2. The zero-order valence-corrected chi connectivity index (χ0v) is 11.7. The molecule has 0 spiro atoms. The molecular formula is C16H12F2O5. The Balaban J connectivity index is 1.94. The third kappa shape index (κ3) is 4.50. The van der Waals surface area contributed by atoms with Gasteiger partial charge in [-0.3, -0.25) is 4.79 Å². The minimum atomic E-state index is -2.95. The summed E-state index contributed by atoms with van der Waals surface area (Å²) in [5.74, 6) is -1.69. The number of phenolic OH excluding ortho intramolecular Hbond substituents is 1. The monoisotopic (exact) mass is 322 g/mol. The first-order valence-electron chi connectivity index (χ1n) is 6.50. The van der Waals surface area contributed by atoms with E-state index in [0.717, 1.165) is 0 Å². The number of phenols is 1. The van der Waals surface area contributed by atoms with Gasteiger partial charge in [-0.1, -0.05) is 12.1 Å². The largest absolute Gasteiger partial charge is 0.507 e. The highest BCUT2D eigenvalue weighted by atomic mass is 19.3. The van der Waals surface area contributed by atoms with E-state index < -0.39 is 25.0 Å². The molecule has 0 aliphatic rings. The van der Waals surface area contributed by atoms with Crippen molar-refractivity contribution in [2.24, 2.45) is 0 Å². The van der Waals surface area contributed by atoms with Gasteiger partial charge in [0.25, 0.3) is 0 Å². The van der Waals surface area contributed by atoms with Gasteiger partial charge in [-0.25, -0.2) is 4.79 Å². The molecule has 0 bridgehead atoms. The Morgan fingerprint density at radius 1 is 1.04 bits per heavy atom. The van der Waals surface area contributed by atoms with E-state index in [-0.39, 0.29) is 22.6 Å². The number of Topliss-reactive ketones (excluding diaryl/α,β-unsaturated/α-hetero) is 1. The Labute approximate surface area is 130 Å². The SMILES string of the molecule is O=C(COC(=O)c1ccccc1O)c1ccc(OC(F)F)cc1. The highest BCUT2D eigenvalue weighted by Gasteiger charge is 2.15. The van der Waals surface area contributed by atoms with Crippen LogP contribution in [0, 0.1) is 0 Å². The summed E-state index contributed by atoms with van der Waals surface area (Å²) in [4.78, 5) is 23.6. The van der Waals surface area contributed by atoms with Crippen molar-refractivity contribution >= 4 is 11.8 Å². The van der Waals surface area contributed by atoms with Crippen molar-refractivity contribution in [3.8, 4) is 11.5 Å². The fourth-order valence-corrected chi connectivity index (χ4v) is 1.76. The van der Waals surface area contributed by atoms with Crippen LogP contribution in [0.25, 0.3) is 0 Å². The van der Waals surface area contributed by atoms with Gasteiger partial charge in [0.1, 0.15) is 17.1 Å². The standard InChI is InChI=1S/C16H12F2O5/c17-16(18)23-11-7-5-10(6-8-11)14(20)9-22-15(21)12-3-1-2-4-13(12)19/h1-8,16,19H,9H2. The molecule has 0 saturated carbocycles. The molecule has 0 radical (unpaired) electrons. The second kappa shape index (κ2) is 7.35. The van der Waals surface area contributed by atoms with Crippen molar-refractivity contribution in [1.82, 2.24) is 0 Å². The van der Waals surface area contributed by atoms with Gasteiger partial charge >= 0.3 is 12.6 Å². The molecule has 23 heavy (non-hydrogen) atoms. The summed E-state index contributed by atoms with van der Waals surface area (Å²) in [5, 5.41) is 9.50. The van der Waals surface area contributed by atoms with Crippen LogP contribution in [0.15, 0.2) is 48.5 Å². The third-order valence-electron chi connectivity index (χ3n) is 2.86. The number of hydrogen-bond donors (Lipinski definition) is 1. The molecule has 2 aromatic carbocycles. The molecule has 7 heteroatoms. The lowest BCUT2D eigenvalue weighted by Crippen LogP contribution is -2.14. The van der Waals surface area contributed by atoms with Gasteiger partial charge < -0.3 is 14.6 Å². The molecule has 5 nitrogen and oxygen atoms in total. The number of benzene rings is 2. The van der Waals surface area contributed by atoms with E-state index in [1.54, 1.807) is 12.1 Å². The Hall–Kier alpha value is -2.96. The molecule has 2 aromatic rings. The molecule has 0 heterocycles. The molecule has 0 aliphatic heterocycles. The second-order valence-corrected chi connectivity index (χ2v) is 4.42. The van der Waals surface area contributed by atoms with Gasteiger partial charge in [0.15, 0.2) is 12.4 Å². The minimum absolute atomic E-state index is 0.0546. The molecule has 2 rings (SSSR count). The quantitative estimate of drug-likeness (QED) is 0.654. The van der Waals surface area contributed by atoms with Gasteiger partial charge in [-0.15, -0.1) is 0 Å². The lowest BCUT2D eigenvalue weighted by Gasteiger charge is -2.07. The van der Waals surface area contributed by atoms with E-state index in [2.05, 4.69) is 4.74 Å². The number of hydrogen-bond acceptors (Lipinski definition) is 5. The van der Waals surface area contributed by atoms with Crippen molar-refractivity contribution in [3.05, 3.63) is 59.7 Å². The van der Waals surface area contributed by atoms with E-state index in [0.29, 0.717) is 0 Å². The summed E-state index contributed by atoms with van der Waals surface area (Å²) >= 11 is 0. The average molecular weight is 322 g/mol. The maximum atomic E-state index is 12.0. The Morgan fingerprint density at radius 3 is 2.30 bits per heavy atom. The highest BCUT2D eigenvalue weighted by Crippen LogP contribution is 2.18. The van der Waals surface area contributed by atoms with Crippen LogP contribution < -0.4 is 4.74 Å². The molecule has 1 N–H and O–H groups in total. The van der Waals surface area contributed by atoms with E-state index in [1.165, 1.54) is 36.4 Å². The zero-order chi connectivity index (χ0) is 16.8. The number of carbonyl (C=O) groups excluding carboxylic acids is 2. The number of carbonyl (C=O) groups is 2. The maximum Gasteiger partial charge on any atom is 0.387 e. The van der Waals surface area contributed by atoms with Crippen LogP contribution in [0.5, 0.6) is 11.5 Å². The molecular weight excluding hydrogens is 310 g/mol. The zero-order valence-electron chi connectivity index (χ0n) is 11.7. The van der Waals surface area contributed by atoms with Crippen molar-refractivity contribution in [2.75, 3.05) is 6.61 Å². The molecule has 0 aliphatic carbocycles. The Bertz CT molecular complexity index is 698. The number of rotatable bonds is 6. The molecule has 0 fully saturated rings. The summed E-state index contributed by atoms with van der Waals surface area (Å²) in [6.07, 6.45) is 0. The summed E-state index contributed by atoms with van der Waals surface area (Å²) in [6.45, 7) is -3.49. The second-order valence-electron chi connectivity index (χ2n) is 4.42. The van der Waals surface area contributed by atoms with E-state index in [9.17, 15) is 23.5 Å². The van der Waals surface area contributed by atoms with Gasteiger partial charge in [-0.2, -0.15) is 8.78 Å². The minimum Gasteiger partial charge on any atom is -0.507 e. The summed E-state index contributed by atoms with van der Waals surface area (Å²) in [6, 6.07) is 10.8. The van der Waals surface area contributed by atoms with Crippen molar-refractivity contribution < 1.29 is 33.0 Å². The summed E-state index contributed by atoms with van der Waals surface area (Å²) in [7, 11) is 0. The smallest absolute Gasteiger partial charge is 0.387 e. The van der Waals surface area contributed by atoms with Crippen LogP contribution in [-0.2, 0) is 4.74 Å². The maximum absolute atomic E-state index is 12.0. The molecule has 0 unspecified atom stereocenters. The van der Waals surface area contributed by atoms with Crippen molar-refractivity contribution in [1.29, 1.82) is 0 Å². The molecule has 0 saturated heterocycles. The first-order chi connectivity index (χ1) is 11.0. The Kier molecular flexibility index (Phi) is 5.24. The third-order valence-corrected chi connectivity index (χ3v) is 2.86. The van der Waals surface area contributed by atoms with Crippen LogP contribution >= 0.6 is 0 Å². The lowest BCUT2D eigenvalue weighted by atomic mass is 10.1. The van der Waals surface area contributed by atoms with Crippen LogP contribution in [-0.4, -0.2) is 30.1 Å². The van der Waals surface area contributed by atoms with E-state index in [1.807, 2.05) is 0 Å². The number of ketones is 1. The van der Waals surface area contributed by atoms with Crippen LogP contribution in [0.1, 0.15) is 20.7 Å². The highest BCUT2D eigenvalue weighted by molar-refractivity contribution is 5.99. The average Bonchev–Trinajstić information content (AvgIpc) is 2.53. The summed E-state index contributed by atoms with van der Waals surface area (Å²) in [5.41, 5.74) is 0.123. The van der Waals surface area contributed by atoms with Gasteiger partial charge in [0.2, 0.25) is 0 Å². The van der Waals surface area contributed by atoms with Gasteiger partial charge in [0.05, 0.1) is 0 Å². The topological polar surface area (TPSA) is 72.8 Å². The van der Waals surface area contributed by atoms with Crippen molar-refractivity contribution in [2.45, 2.75) is 6.61 Å². The number of aromatic hydroxyl groups is 1. The fourth-order valence-electron chi connectivity index (χ4n) is 1.76. The number of alkyl halides is 2. The number of para-hydroxylation sites is 1. The first kappa shape index (κ1) is 16.4. The van der Waals surface area contributed by atoms with E-state index in [4.69, 9.17) is 4.74 Å². The van der Waals surface area contributed by atoms with Crippen LogP contribution in [0.3, 0.4) is 0 Å². The molecule has 0 atom stereocenters.